The molecule has 0 amide bonds. The zero-order valence-corrected chi connectivity index (χ0v) is 12.1. The lowest BCUT2D eigenvalue weighted by atomic mass is 10.3. The Morgan fingerprint density at radius 2 is 2.14 bits per heavy atom. The molecule has 0 aliphatic rings. The van der Waals surface area contributed by atoms with Gasteiger partial charge in [0.2, 0.25) is 0 Å². The van der Waals surface area contributed by atoms with Gasteiger partial charge in [0.05, 0.1) is 5.56 Å². The third kappa shape index (κ3) is 4.64. The second-order valence-electron chi connectivity index (χ2n) is 3.80. The van der Waals surface area contributed by atoms with Crippen LogP contribution in [0.5, 0.6) is 0 Å². The minimum Gasteiger partial charge on any atom is -0.457 e. The van der Waals surface area contributed by atoms with E-state index < -0.39 is 11.7 Å². The van der Waals surface area contributed by atoms with Crippen LogP contribution in [-0.4, -0.2) is 21.7 Å². The van der Waals surface area contributed by atoms with Crippen molar-refractivity contribution in [2.45, 2.75) is 17.4 Å². The molecular formula is C13H9ClF2N2O2S. The van der Waals surface area contributed by atoms with E-state index in [-0.39, 0.29) is 29.0 Å². The van der Waals surface area contributed by atoms with Crippen molar-refractivity contribution in [3.05, 3.63) is 52.9 Å². The fourth-order valence-electron chi connectivity index (χ4n) is 1.44. The number of ether oxygens (including phenoxy) is 1. The van der Waals surface area contributed by atoms with E-state index in [4.69, 9.17) is 16.3 Å². The topological polar surface area (TPSA) is 52.1 Å². The highest BCUT2D eigenvalue weighted by Gasteiger charge is 2.17. The van der Waals surface area contributed by atoms with Crippen molar-refractivity contribution < 1.29 is 18.3 Å². The maximum absolute atomic E-state index is 12.4. The van der Waals surface area contributed by atoms with E-state index >= 15 is 0 Å². The van der Waals surface area contributed by atoms with Crippen LogP contribution in [0.4, 0.5) is 8.78 Å². The first kappa shape index (κ1) is 15.7. The molecule has 8 heteroatoms. The first-order chi connectivity index (χ1) is 10.1. The summed E-state index contributed by atoms with van der Waals surface area (Å²) in [5.74, 6) is -3.38. The van der Waals surface area contributed by atoms with Crippen molar-refractivity contribution >= 4 is 29.3 Å². The van der Waals surface area contributed by atoms with Crippen molar-refractivity contribution in [2.75, 3.05) is 0 Å². The van der Waals surface area contributed by atoms with Crippen LogP contribution in [0.15, 0.2) is 41.7 Å². The Labute approximate surface area is 128 Å². The van der Waals surface area contributed by atoms with E-state index in [2.05, 4.69) is 9.97 Å². The number of carbonyl (C=O) groups is 1. The van der Waals surface area contributed by atoms with Crippen molar-refractivity contribution in [3.63, 3.8) is 0 Å². The fraction of sp³-hybridized carbons (Fsp3) is 0.154. The molecule has 0 radical (unpaired) electrons. The highest BCUT2D eigenvalue weighted by Crippen LogP contribution is 2.26. The van der Waals surface area contributed by atoms with Crippen LogP contribution in [0.1, 0.15) is 15.9 Å². The smallest absolute Gasteiger partial charge is 0.341 e. The number of esters is 1. The van der Waals surface area contributed by atoms with Gasteiger partial charge < -0.3 is 4.74 Å². The van der Waals surface area contributed by atoms with Gasteiger partial charge in [-0.1, -0.05) is 17.7 Å². The Morgan fingerprint density at radius 3 is 2.81 bits per heavy atom. The number of aromatic nitrogens is 2. The molecule has 0 aromatic carbocycles. The first-order valence-corrected chi connectivity index (χ1v) is 6.99. The molecule has 0 aliphatic carbocycles. The van der Waals surface area contributed by atoms with Gasteiger partial charge in [-0.25, -0.2) is 14.8 Å². The molecule has 0 unspecified atom stereocenters. The van der Waals surface area contributed by atoms with Crippen molar-refractivity contribution in [1.29, 1.82) is 0 Å². The van der Waals surface area contributed by atoms with Gasteiger partial charge in [0.15, 0.2) is 0 Å². The van der Waals surface area contributed by atoms with Crippen molar-refractivity contribution in [2.24, 2.45) is 0 Å². The molecule has 2 heterocycles. The largest absolute Gasteiger partial charge is 0.457 e. The molecule has 0 fully saturated rings. The van der Waals surface area contributed by atoms with Gasteiger partial charge in [0.25, 0.3) is 5.76 Å². The maximum Gasteiger partial charge on any atom is 0.341 e. The highest BCUT2D eigenvalue weighted by molar-refractivity contribution is 7.99. The van der Waals surface area contributed by atoms with Crippen LogP contribution < -0.4 is 0 Å². The van der Waals surface area contributed by atoms with E-state index in [9.17, 15) is 13.6 Å². The summed E-state index contributed by atoms with van der Waals surface area (Å²) in [6, 6.07) is 6.09. The molecule has 0 aliphatic heterocycles. The van der Waals surface area contributed by atoms with E-state index in [0.29, 0.717) is 10.7 Å². The average Bonchev–Trinajstić information content (AvgIpc) is 2.46. The second kappa shape index (κ2) is 7.33. The van der Waals surface area contributed by atoms with Crippen LogP contribution >= 0.6 is 23.4 Å². The quantitative estimate of drug-likeness (QED) is 0.474. The summed E-state index contributed by atoms with van der Waals surface area (Å²) in [5, 5.41) is 0.264. The Kier molecular flexibility index (Phi) is 5.46. The van der Waals surface area contributed by atoms with Crippen LogP contribution in [0.2, 0.25) is 5.15 Å². The van der Waals surface area contributed by atoms with Gasteiger partial charge in [-0.15, -0.1) is 0 Å². The summed E-state index contributed by atoms with van der Waals surface area (Å²) in [5.41, 5.74) is 0.643. The molecular weight excluding hydrogens is 322 g/mol. The van der Waals surface area contributed by atoms with E-state index in [0.717, 1.165) is 0 Å². The molecule has 0 N–H and O–H groups in total. The molecule has 0 bridgehead atoms. The van der Waals surface area contributed by atoms with E-state index in [1.807, 2.05) is 0 Å². The molecule has 2 aromatic rings. The zero-order valence-electron chi connectivity index (χ0n) is 10.5. The SMILES string of the molecule is O=C(OCc1ccc(Cl)nc1)c1cccnc1SC(F)F. The van der Waals surface area contributed by atoms with E-state index in [1.54, 1.807) is 12.1 Å². The second-order valence-corrected chi connectivity index (χ2v) is 5.17. The Morgan fingerprint density at radius 1 is 1.33 bits per heavy atom. The molecule has 0 atom stereocenters. The third-order valence-electron chi connectivity index (χ3n) is 2.35. The number of hydrogen-bond donors (Lipinski definition) is 0. The lowest BCUT2D eigenvalue weighted by molar-refractivity contribution is 0.0467. The lowest BCUT2D eigenvalue weighted by Crippen LogP contribution is -2.08. The van der Waals surface area contributed by atoms with Gasteiger partial charge in [0, 0.05) is 18.0 Å². The number of nitrogens with zero attached hydrogens (tertiary/aromatic N) is 2. The molecule has 4 nitrogen and oxygen atoms in total. The maximum atomic E-state index is 12.4. The minimum absolute atomic E-state index is 0.00437. The van der Waals surface area contributed by atoms with Crippen LogP contribution in [0, 0.1) is 0 Å². The van der Waals surface area contributed by atoms with Crippen molar-refractivity contribution in [3.8, 4) is 0 Å². The third-order valence-corrected chi connectivity index (χ3v) is 3.30. The zero-order chi connectivity index (χ0) is 15.2. The monoisotopic (exact) mass is 330 g/mol. The summed E-state index contributed by atoms with van der Waals surface area (Å²) in [7, 11) is 0. The van der Waals surface area contributed by atoms with Gasteiger partial charge in [0.1, 0.15) is 16.8 Å². The summed E-state index contributed by atoms with van der Waals surface area (Å²) in [6.45, 7) is -0.0311. The van der Waals surface area contributed by atoms with E-state index in [1.165, 1.54) is 24.5 Å². The summed E-state index contributed by atoms with van der Waals surface area (Å²) >= 11 is 5.84. The molecule has 21 heavy (non-hydrogen) atoms. The predicted octanol–water partition coefficient (Wildman–Crippen LogP) is 3.80. The highest BCUT2D eigenvalue weighted by atomic mass is 35.5. The molecule has 0 saturated carbocycles. The summed E-state index contributed by atoms with van der Waals surface area (Å²) < 4.78 is 29.9. The van der Waals surface area contributed by atoms with Crippen LogP contribution in [0.3, 0.4) is 0 Å². The Hall–Kier alpha value is -1.73. The predicted molar refractivity (Wildman–Crippen MR) is 74.5 cm³/mol. The van der Waals surface area contributed by atoms with Crippen LogP contribution in [-0.2, 0) is 11.3 Å². The standard InChI is InChI=1S/C13H9ClF2N2O2S/c14-10-4-3-8(6-18-10)7-20-12(19)9-2-1-5-17-11(9)21-13(15)16/h1-6,13H,7H2. The lowest BCUT2D eigenvalue weighted by Gasteiger charge is -2.08. The first-order valence-electron chi connectivity index (χ1n) is 5.73. The molecule has 110 valence electrons. The van der Waals surface area contributed by atoms with Gasteiger partial charge in [-0.3, -0.25) is 0 Å². The molecule has 0 saturated heterocycles. The number of pyridine rings is 2. The normalized spacial score (nSPS) is 10.7. The Balaban J connectivity index is 2.05. The molecule has 0 spiro atoms. The number of hydrogen-bond acceptors (Lipinski definition) is 5. The molecule has 2 aromatic heterocycles. The summed E-state index contributed by atoms with van der Waals surface area (Å²) in [4.78, 5) is 19.5. The fourth-order valence-corrected chi connectivity index (χ4v) is 2.12. The van der Waals surface area contributed by atoms with Crippen molar-refractivity contribution in [1.82, 2.24) is 9.97 Å². The van der Waals surface area contributed by atoms with Gasteiger partial charge in [-0.2, -0.15) is 8.78 Å². The summed E-state index contributed by atoms with van der Waals surface area (Å²) in [6.07, 6.45) is 2.80. The number of thioether (sulfide) groups is 1. The molecule has 2 rings (SSSR count). The van der Waals surface area contributed by atoms with Gasteiger partial charge in [-0.05, 0) is 30.0 Å². The number of alkyl halides is 2. The number of halogens is 3. The average molecular weight is 331 g/mol. The van der Waals surface area contributed by atoms with Crippen LogP contribution in [0.25, 0.3) is 0 Å². The number of rotatable bonds is 5. The van der Waals surface area contributed by atoms with Gasteiger partial charge >= 0.3 is 5.97 Å². The Bertz CT molecular complexity index is 626. The number of carbonyl (C=O) groups excluding carboxylic acids is 1. The minimum atomic E-state index is -2.66.